The molecule has 0 saturated heterocycles. The molecule has 0 fully saturated rings. The fourth-order valence-corrected chi connectivity index (χ4v) is 2.22. The Bertz CT molecular complexity index is 610. The molecule has 18 heavy (non-hydrogen) atoms. The number of hydrogen-bond acceptors (Lipinski definition) is 3. The lowest BCUT2D eigenvalue weighted by molar-refractivity contribution is 0.0996. The van der Waals surface area contributed by atoms with E-state index in [0.717, 1.165) is 11.1 Å². The Labute approximate surface area is 104 Å². The van der Waals surface area contributed by atoms with Crippen LogP contribution in [0.1, 0.15) is 46.0 Å². The first kappa shape index (κ1) is 11.0. The van der Waals surface area contributed by atoms with Gasteiger partial charge in [0, 0.05) is 11.1 Å². The lowest BCUT2D eigenvalue weighted by atomic mass is 9.86. The van der Waals surface area contributed by atoms with E-state index in [0.29, 0.717) is 16.9 Å². The lowest BCUT2D eigenvalue weighted by Gasteiger charge is -2.15. The minimum absolute atomic E-state index is 0.153. The number of hydrogen-bond donors (Lipinski definition) is 1. The Morgan fingerprint density at radius 2 is 1.89 bits per heavy atom. The quantitative estimate of drug-likeness (QED) is 0.711. The molecule has 1 N–H and O–H groups in total. The third-order valence-electron chi connectivity index (χ3n) is 3.19. The van der Waals surface area contributed by atoms with Crippen LogP contribution < -0.4 is 0 Å². The third kappa shape index (κ3) is 1.38. The molecule has 3 nitrogen and oxygen atoms in total. The zero-order chi connectivity index (χ0) is 12.9. The largest absolute Gasteiger partial charge is 0.454 e. The number of aliphatic hydroxyl groups excluding tert-OH is 1. The molecule has 0 bridgehead atoms. The van der Waals surface area contributed by atoms with E-state index in [1.165, 1.54) is 0 Å². The van der Waals surface area contributed by atoms with E-state index in [1.54, 1.807) is 19.1 Å². The molecule has 1 atom stereocenters. The molecule has 0 saturated carbocycles. The Hall–Kier alpha value is -2.13. The number of benzene rings is 1. The number of carbonyl (C=O) groups excluding carboxylic acids is 1. The van der Waals surface area contributed by atoms with Crippen LogP contribution in [-0.4, -0.2) is 10.9 Å². The van der Waals surface area contributed by atoms with Gasteiger partial charge in [-0.2, -0.15) is 0 Å². The summed E-state index contributed by atoms with van der Waals surface area (Å²) in [5.74, 6) is 0.511. The molecule has 1 aromatic heterocycles. The molecule has 2 aromatic rings. The normalized spacial score (nSPS) is 15.2. The van der Waals surface area contributed by atoms with Gasteiger partial charge in [-0.3, -0.25) is 4.79 Å². The van der Waals surface area contributed by atoms with Crippen LogP contribution in [-0.2, 0) is 0 Å². The first-order valence-electron chi connectivity index (χ1n) is 5.74. The van der Waals surface area contributed by atoms with Crippen molar-refractivity contribution in [3.8, 4) is 0 Å². The van der Waals surface area contributed by atoms with Gasteiger partial charge in [0.15, 0.2) is 5.76 Å². The number of ketones is 1. The lowest BCUT2D eigenvalue weighted by Crippen LogP contribution is -2.11. The molecule has 1 heterocycles. The molecule has 1 aliphatic carbocycles. The minimum Gasteiger partial charge on any atom is -0.454 e. The van der Waals surface area contributed by atoms with Crippen molar-refractivity contribution in [1.29, 1.82) is 0 Å². The van der Waals surface area contributed by atoms with Gasteiger partial charge in [-0.1, -0.05) is 30.8 Å². The van der Waals surface area contributed by atoms with Gasteiger partial charge < -0.3 is 9.52 Å². The fourth-order valence-electron chi connectivity index (χ4n) is 2.22. The van der Waals surface area contributed by atoms with Crippen molar-refractivity contribution in [3.05, 3.63) is 65.1 Å². The van der Waals surface area contributed by atoms with E-state index < -0.39 is 6.10 Å². The van der Waals surface area contributed by atoms with E-state index >= 15 is 0 Å². The predicted molar refractivity (Wildman–Crippen MR) is 67.4 cm³/mol. The van der Waals surface area contributed by atoms with E-state index in [-0.39, 0.29) is 11.5 Å². The first-order chi connectivity index (χ1) is 8.59. The Morgan fingerprint density at radius 1 is 1.22 bits per heavy atom. The van der Waals surface area contributed by atoms with Gasteiger partial charge in [-0.05, 0) is 24.1 Å². The summed E-state index contributed by atoms with van der Waals surface area (Å²) in [5, 5.41) is 9.53. The summed E-state index contributed by atoms with van der Waals surface area (Å²) in [6, 6.07) is 9.01. The molecule has 0 radical (unpaired) electrons. The Balaban J connectivity index is 2.24. The smallest absolute Gasteiger partial charge is 0.229 e. The predicted octanol–water partition coefficient (Wildman–Crippen LogP) is 2.94. The van der Waals surface area contributed by atoms with Crippen molar-refractivity contribution in [2.75, 3.05) is 0 Å². The first-order valence-corrected chi connectivity index (χ1v) is 5.74. The maximum atomic E-state index is 12.3. The molecule has 1 unspecified atom stereocenters. The number of aliphatic hydroxyl groups is 1. The van der Waals surface area contributed by atoms with Crippen molar-refractivity contribution in [3.63, 3.8) is 0 Å². The average molecular weight is 240 g/mol. The van der Waals surface area contributed by atoms with Crippen LogP contribution in [0.4, 0.5) is 0 Å². The monoisotopic (exact) mass is 240 g/mol. The van der Waals surface area contributed by atoms with Crippen LogP contribution in [0.2, 0.25) is 0 Å². The summed E-state index contributed by atoms with van der Waals surface area (Å²) >= 11 is 0. The van der Waals surface area contributed by atoms with Gasteiger partial charge in [0.05, 0.1) is 0 Å². The topological polar surface area (TPSA) is 50.4 Å². The molecule has 3 rings (SSSR count). The van der Waals surface area contributed by atoms with Crippen molar-refractivity contribution >= 4 is 11.4 Å². The van der Waals surface area contributed by atoms with Crippen LogP contribution in [0, 0.1) is 0 Å². The van der Waals surface area contributed by atoms with Crippen molar-refractivity contribution in [2.24, 2.45) is 0 Å². The highest BCUT2D eigenvalue weighted by Gasteiger charge is 2.30. The number of fused-ring (bicyclic) bond motifs is 2. The van der Waals surface area contributed by atoms with Crippen LogP contribution in [0.5, 0.6) is 0 Å². The van der Waals surface area contributed by atoms with Crippen molar-refractivity contribution < 1.29 is 14.3 Å². The van der Waals surface area contributed by atoms with Crippen molar-refractivity contribution in [1.82, 2.24) is 0 Å². The zero-order valence-corrected chi connectivity index (χ0v) is 9.93. The standard InChI is InChI=1S/C15H12O3/c1-8-10-5-3-4-6-11(10)14(17)15-12(8)7-13(18-15)9(2)16/h3-7,9,16H,1H2,2H3. The summed E-state index contributed by atoms with van der Waals surface area (Å²) in [5.41, 5.74) is 2.86. The van der Waals surface area contributed by atoms with Crippen LogP contribution in [0.15, 0.2) is 41.3 Å². The summed E-state index contributed by atoms with van der Waals surface area (Å²) in [4.78, 5) is 12.3. The van der Waals surface area contributed by atoms with E-state index in [1.807, 2.05) is 18.2 Å². The second kappa shape index (κ2) is 3.68. The van der Waals surface area contributed by atoms with E-state index in [2.05, 4.69) is 6.58 Å². The van der Waals surface area contributed by atoms with E-state index in [4.69, 9.17) is 4.42 Å². The summed E-state index contributed by atoms with van der Waals surface area (Å²) in [7, 11) is 0. The van der Waals surface area contributed by atoms with Crippen molar-refractivity contribution in [2.45, 2.75) is 13.0 Å². The second-order valence-electron chi connectivity index (χ2n) is 4.42. The molecule has 1 aromatic carbocycles. The Morgan fingerprint density at radius 3 is 2.56 bits per heavy atom. The highest BCUT2D eigenvalue weighted by molar-refractivity contribution is 6.17. The molecule has 3 heteroatoms. The minimum atomic E-state index is -0.737. The second-order valence-corrected chi connectivity index (χ2v) is 4.42. The molecule has 90 valence electrons. The third-order valence-corrected chi connectivity index (χ3v) is 3.19. The molecule has 1 aliphatic rings. The fraction of sp³-hybridized carbons (Fsp3) is 0.133. The number of furan rings is 1. The summed E-state index contributed by atoms with van der Waals surface area (Å²) < 4.78 is 5.45. The highest BCUT2D eigenvalue weighted by atomic mass is 16.4. The summed E-state index contributed by atoms with van der Waals surface area (Å²) in [6.45, 7) is 5.61. The van der Waals surface area contributed by atoms with Crippen LogP contribution in [0.25, 0.3) is 5.57 Å². The maximum absolute atomic E-state index is 12.3. The number of rotatable bonds is 1. The molecular formula is C15H12O3. The van der Waals surface area contributed by atoms with Gasteiger partial charge in [-0.25, -0.2) is 0 Å². The molecule has 0 spiro atoms. The van der Waals surface area contributed by atoms with Gasteiger partial charge in [0.25, 0.3) is 0 Å². The Kier molecular flexibility index (Phi) is 2.25. The van der Waals surface area contributed by atoms with Gasteiger partial charge >= 0.3 is 0 Å². The molecule has 0 amide bonds. The SMILES string of the molecule is C=C1c2ccccc2C(=O)c2oc(C(C)O)cc21. The molecular weight excluding hydrogens is 228 g/mol. The van der Waals surface area contributed by atoms with Crippen LogP contribution >= 0.6 is 0 Å². The number of carbonyl (C=O) groups is 1. The van der Waals surface area contributed by atoms with Gasteiger partial charge in [0.1, 0.15) is 11.9 Å². The average Bonchev–Trinajstić information content (AvgIpc) is 2.81. The summed E-state index contributed by atoms with van der Waals surface area (Å²) in [6.07, 6.45) is -0.737. The maximum Gasteiger partial charge on any atom is 0.229 e. The van der Waals surface area contributed by atoms with Gasteiger partial charge in [-0.15, -0.1) is 0 Å². The van der Waals surface area contributed by atoms with Crippen LogP contribution in [0.3, 0.4) is 0 Å². The van der Waals surface area contributed by atoms with Gasteiger partial charge in [0.2, 0.25) is 5.78 Å². The molecule has 0 aliphatic heterocycles. The van der Waals surface area contributed by atoms with E-state index in [9.17, 15) is 9.90 Å². The highest BCUT2D eigenvalue weighted by Crippen LogP contribution is 2.37. The zero-order valence-electron chi connectivity index (χ0n) is 9.93.